The van der Waals surface area contributed by atoms with E-state index in [1.165, 1.54) is 12.8 Å². The Morgan fingerprint density at radius 2 is 2.30 bits per heavy atom. The lowest BCUT2D eigenvalue weighted by atomic mass is 10.2. The van der Waals surface area contributed by atoms with Crippen molar-refractivity contribution >= 4 is 11.3 Å². The number of rotatable bonds is 6. The Labute approximate surface area is 140 Å². The average molecular weight is 330 g/mol. The first kappa shape index (κ1) is 15.2. The number of aromatic nitrogens is 2. The summed E-state index contributed by atoms with van der Waals surface area (Å²) < 4.78 is 5.87. The lowest BCUT2D eigenvalue weighted by Gasteiger charge is -2.33. The minimum absolute atomic E-state index is 0.304. The molecule has 2 aromatic rings. The molecule has 2 aromatic heterocycles. The fourth-order valence-corrected chi connectivity index (χ4v) is 3.79. The van der Waals surface area contributed by atoms with Gasteiger partial charge in [-0.15, -0.1) is 11.3 Å². The quantitative estimate of drug-likeness (QED) is 0.879. The summed E-state index contributed by atoms with van der Waals surface area (Å²) in [5, 5.41) is 6.58. The molecule has 1 saturated carbocycles. The molecule has 0 aromatic carbocycles. The van der Waals surface area contributed by atoms with Crippen LogP contribution in [0.5, 0.6) is 0 Å². The Kier molecular flexibility index (Phi) is 4.66. The first-order valence-corrected chi connectivity index (χ1v) is 9.18. The normalized spacial score (nSPS) is 22.3. The van der Waals surface area contributed by atoms with E-state index < -0.39 is 0 Å². The van der Waals surface area contributed by atoms with Gasteiger partial charge in [0.1, 0.15) is 5.01 Å². The molecule has 23 heavy (non-hydrogen) atoms. The van der Waals surface area contributed by atoms with Gasteiger partial charge in [-0.2, -0.15) is 0 Å². The van der Waals surface area contributed by atoms with Gasteiger partial charge in [-0.05, 0) is 25.0 Å². The number of hydrogen-bond acceptors (Lipinski definition) is 6. The van der Waals surface area contributed by atoms with Crippen molar-refractivity contribution in [3.63, 3.8) is 0 Å². The zero-order valence-electron chi connectivity index (χ0n) is 13.1. The van der Waals surface area contributed by atoms with Gasteiger partial charge in [0.25, 0.3) is 0 Å². The third-order valence-electron chi connectivity index (χ3n) is 4.35. The summed E-state index contributed by atoms with van der Waals surface area (Å²) in [6.45, 7) is 4.70. The van der Waals surface area contributed by atoms with Gasteiger partial charge in [0.2, 0.25) is 0 Å². The van der Waals surface area contributed by atoms with E-state index >= 15 is 0 Å². The highest BCUT2D eigenvalue weighted by atomic mass is 32.1. The number of morpholine rings is 1. The highest BCUT2D eigenvalue weighted by Gasteiger charge is 2.32. The zero-order valence-corrected chi connectivity index (χ0v) is 14.0. The fourth-order valence-electron chi connectivity index (χ4n) is 2.99. The van der Waals surface area contributed by atoms with Crippen molar-refractivity contribution in [2.24, 2.45) is 0 Å². The number of nitrogens with one attached hydrogen (secondary N) is 1. The molecule has 122 valence electrons. The minimum Gasteiger partial charge on any atom is -0.374 e. The second kappa shape index (κ2) is 7.05. The third kappa shape index (κ3) is 3.95. The maximum Gasteiger partial charge on any atom is 0.142 e. The van der Waals surface area contributed by atoms with Gasteiger partial charge in [0, 0.05) is 43.8 Å². The fraction of sp³-hybridized carbons (Fsp3) is 0.529. The van der Waals surface area contributed by atoms with Crippen molar-refractivity contribution in [2.45, 2.75) is 31.5 Å². The lowest BCUT2D eigenvalue weighted by Crippen LogP contribution is -2.47. The van der Waals surface area contributed by atoms with Gasteiger partial charge in [0.05, 0.1) is 24.1 Å². The van der Waals surface area contributed by atoms with Crippen molar-refractivity contribution in [1.82, 2.24) is 20.2 Å². The van der Waals surface area contributed by atoms with Crippen LogP contribution in [0.15, 0.2) is 29.8 Å². The van der Waals surface area contributed by atoms with Gasteiger partial charge < -0.3 is 10.1 Å². The monoisotopic (exact) mass is 330 g/mol. The molecule has 0 amide bonds. The van der Waals surface area contributed by atoms with Gasteiger partial charge in [-0.25, -0.2) is 4.98 Å². The SMILES string of the molecule is c1ccc(-c2nc(CNCC3CN(C4CC4)CCO3)cs2)nc1. The van der Waals surface area contributed by atoms with E-state index in [0.29, 0.717) is 6.10 Å². The summed E-state index contributed by atoms with van der Waals surface area (Å²) in [6, 6.07) is 6.75. The highest BCUT2D eigenvalue weighted by molar-refractivity contribution is 7.13. The summed E-state index contributed by atoms with van der Waals surface area (Å²) >= 11 is 1.65. The molecule has 0 spiro atoms. The van der Waals surface area contributed by atoms with E-state index in [2.05, 4.69) is 25.6 Å². The number of nitrogens with zero attached hydrogens (tertiary/aromatic N) is 3. The van der Waals surface area contributed by atoms with Crippen molar-refractivity contribution in [3.05, 3.63) is 35.5 Å². The Hall–Kier alpha value is -1.34. The summed E-state index contributed by atoms with van der Waals surface area (Å²) in [5.74, 6) is 0. The molecule has 1 atom stereocenters. The Morgan fingerprint density at radius 1 is 1.35 bits per heavy atom. The number of hydrogen-bond donors (Lipinski definition) is 1. The molecule has 1 aliphatic heterocycles. The smallest absolute Gasteiger partial charge is 0.142 e. The standard InChI is InChI=1S/C17H22N4OS/c1-2-6-19-16(3-1)17-20-13(12-23-17)9-18-10-15-11-21(7-8-22-15)14-4-5-14/h1-3,6,12,14-15,18H,4-5,7-11H2. The van der Waals surface area contributed by atoms with Crippen LogP contribution in [0.1, 0.15) is 18.5 Å². The maximum absolute atomic E-state index is 5.87. The molecule has 0 radical (unpaired) electrons. The van der Waals surface area contributed by atoms with Crippen LogP contribution in [0, 0.1) is 0 Å². The second-order valence-corrected chi connectivity index (χ2v) is 7.07. The zero-order chi connectivity index (χ0) is 15.5. The molecule has 2 aliphatic rings. The molecule has 6 heteroatoms. The third-order valence-corrected chi connectivity index (χ3v) is 5.26. The number of pyridine rings is 1. The summed E-state index contributed by atoms with van der Waals surface area (Å²) in [4.78, 5) is 11.6. The topological polar surface area (TPSA) is 50.3 Å². The van der Waals surface area contributed by atoms with Gasteiger partial charge >= 0.3 is 0 Å². The Morgan fingerprint density at radius 3 is 3.13 bits per heavy atom. The van der Waals surface area contributed by atoms with Crippen LogP contribution < -0.4 is 5.32 Å². The molecule has 2 fully saturated rings. The van der Waals surface area contributed by atoms with Crippen LogP contribution in [-0.4, -0.2) is 53.3 Å². The maximum atomic E-state index is 5.87. The van der Waals surface area contributed by atoms with Crippen molar-refractivity contribution < 1.29 is 4.74 Å². The van der Waals surface area contributed by atoms with Gasteiger partial charge in [-0.1, -0.05) is 6.07 Å². The lowest BCUT2D eigenvalue weighted by molar-refractivity contribution is -0.0301. The van der Waals surface area contributed by atoms with E-state index in [1.807, 2.05) is 18.2 Å². The summed E-state index contributed by atoms with van der Waals surface area (Å²) in [5.41, 5.74) is 2.02. The van der Waals surface area contributed by atoms with Crippen LogP contribution >= 0.6 is 11.3 Å². The van der Waals surface area contributed by atoms with E-state index in [-0.39, 0.29) is 0 Å². The first-order chi connectivity index (χ1) is 11.4. The Balaban J connectivity index is 1.26. The first-order valence-electron chi connectivity index (χ1n) is 8.30. The largest absolute Gasteiger partial charge is 0.374 e. The second-order valence-electron chi connectivity index (χ2n) is 6.21. The summed E-state index contributed by atoms with van der Waals surface area (Å²) in [6.07, 6.45) is 4.85. The van der Waals surface area contributed by atoms with Crippen LogP contribution in [0.3, 0.4) is 0 Å². The molecule has 4 rings (SSSR count). The van der Waals surface area contributed by atoms with E-state index in [4.69, 9.17) is 4.74 Å². The van der Waals surface area contributed by atoms with Crippen LogP contribution in [0.2, 0.25) is 0 Å². The van der Waals surface area contributed by atoms with Crippen LogP contribution in [-0.2, 0) is 11.3 Å². The van der Waals surface area contributed by atoms with Crippen LogP contribution in [0.4, 0.5) is 0 Å². The van der Waals surface area contributed by atoms with E-state index in [9.17, 15) is 0 Å². The molecule has 0 bridgehead atoms. The number of ether oxygens (including phenoxy) is 1. The Bertz CT molecular complexity index is 629. The molecular weight excluding hydrogens is 308 g/mol. The minimum atomic E-state index is 0.304. The predicted octanol–water partition coefficient (Wildman–Crippen LogP) is 2.16. The predicted molar refractivity (Wildman–Crippen MR) is 91.4 cm³/mol. The number of thiazole rings is 1. The summed E-state index contributed by atoms with van der Waals surface area (Å²) in [7, 11) is 0. The molecule has 1 N–H and O–H groups in total. The molecule has 3 heterocycles. The molecule has 1 saturated heterocycles. The van der Waals surface area contributed by atoms with Gasteiger partial charge in [-0.3, -0.25) is 9.88 Å². The van der Waals surface area contributed by atoms with Gasteiger partial charge in [0.15, 0.2) is 0 Å². The van der Waals surface area contributed by atoms with E-state index in [0.717, 1.165) is 55.2 Å². The van der Waals surface area contributed by atoms with E-state index in [1.54, 1.807) is 17.5 Å². The molecule has 5 nitrogen and oxygen atoms in total. The average Bonchev–Trinajstić information content (AvgIpc) is 3.35. The molecule has 1 aliphatic carbocycles. The van der Waals surface area contributed by atoms with Crippen molar-refractivity contribution in [2.75, 3.05) is 26.2 Å². The van der Waals surface area contributed by atoms with Crippen molar-refractivity contribution in [3.8, 4) is 10.7 Å². The van der Waals surface area contributed by atoms with Crippen LogP contribution in [0.25, 0.3) is 10.7 Å². The molecular formula is C17H22N4OS. The van der Waals surface area contributed by atoms with Crippen molar-refractivity contribution in [1.29, 1.82) is 0 Å². The highest BCUT2D eigenvalue weighted by Crippen LogP contribution is 2.28. The molecule has 1 unspecified atom stereocenters.